The summed E-state index contributed by atoms with van der Waals surface area (Å²) in [5.74, 6) is 0. The molecule has 0 bridgehead atoms. The zero-order valence-electron chi connectivity index (χ0n) is 11.2. The molecular formula is C14H24N2S. The van der Waals surface area contributed by atoms with Gasteiger partial charge in [-0.15, -0.1) is 11.3 Å². The molecule has 1 aliphatic heterocycles. The first-order valence-corrected chi connectivity index (χ1v) is 7.58. The van der Waals surface area contributed by atoms with Crippen LogP contribution in [0.3, 0.4) is 0 Å². The molecule has 0 spiro atoms. The van der Waals surface area contributed by atoms with Crippen molar-refractivity contribution in [1.82, 2.24) is 10.2 Å². The molecular weight excluding hydrogens is 228 g/mol. The number of thiophene rings is 1. The summed E-state index contributed by atoms with van der Waals surface area (Å²) < 4.78 is 0. The summed E-state index contributed by atoms with van der Waals surface area (Å²) in [6.45, 7) is 10.3. The number of nitrogens with one attached hydrogen (secondary N) is 1. The summed E-state index contributed by atoms with van der Waals surface area (Å²) in [7, 11) is 0. The molecule has 2 rings (SSSR count). The van der Waals surface area contributed by atoms with Crippen LogP contribution in [-0.2, 0) is 6.54 Å². The van der Waals surface area contributed by atoms with Crippen LogP contribution in [0.25, 0.3) is 0 Å². The van der Waals surface area contributed by atoms with Crippen LogP contribution in [0.15, 0.2) is 17.5 Å². The van der Waals surface area contributed by atoms with E-state index in [0.717, 1.165) is 13.1 Å². The Labute approximate surface area is 109 Å². The van der Waals surface area contributed by atoms with E-state index in [4.69, 9.17) is 0 Å². The maximum atomic E-state index is 3.75. The third-order valence-electron chi connectivity index (χ3n) is 4.19. The van der Waals surface area contributed by atoms with Gasteiger partial charge in [0.15, 0.2) is 0 Å². The van der Waals surface area contributed by atoms with Crippen LogP contribution < -0.4 is 5.32 Å². The van der Waals surface area contributed by atoms with Crippen LogP contribution in [0, 0.1) is 0 Å². The van der Waals surface area contributed by atoms with Crippen LogP contribution in [0.1, 0.15) is 38.5 Å². The highest BCUT2D eigenvalue weighted by atomic mass is 32.1. The van der Waals surface area contributed by atoms with Gasteiger partial charge in [0.25, 0.3) is 0 Å². The average Bonchev–Trinajstić information content (AvgIpc) is 2.85. The number of rotatable bonds is 4. The van der Waals surface area contributed by atoms with Gasteiger partial charge >= 0.3 is 0 Å². The Kier molecular flexibility index (Phi) is 4.23. The minimum absolute atomic E-state index is 0.337. The molecule has 3 heteroatoms. The van der Waals surface area contributed by atoms with Gasteiger partial charge in [-0.05, 0) is 31.2 Å². The molecule has 2 nitrogen and oxygen atoms in total. The predicted molar refractivity (Wildman–Crippen MR) is 75.5 cm³/mol. The maximum Gasteiger partial charge on any atom is 0.0332 e. The molecule has 0 radical (unpaired) electrons. The van der Waals surface area contributed by atoms with Gasteiger partial charge < -0.3 is 5.32 Å². The quantitative estimate of drug-likeness (QED) is 0.886. The smallest absolute Gasteiger partial charge is 0.0332 e. The monoisotopic (exact) mass is 252 g/mol. The first-order valence-electron chi connectivity index (χ1n) is 6.70. The topological polar surface area (TPSA) is 15.3 Å². The molecule has 1 aromatic rings. The van der Waals surface area contributed by atoms with Crippen molar-refractivity contribution in [2.75, 3.05) is 13.1 Å². The molecule has 96 valence electrons. The van der Waals surface area contributed by atoms with E-state index in [2.05, 4.69) is 48.5 Å². The van der Waals surface area contributed by atoms with E-state index in [-0.39, 0.29) is 0 Å². The highest BCUT2D eigenvalue weighted by Gasteiger charge is 2.34. The van der Waals surface area contributed by atoms with E-state index in [1.165, 1.54) is 24.3 Å². The van der Waals surface area contributed by atoms with E-state index in [1.807, 2.05) is 11.3 Å². The molecule has 1 fully saturated rings. The highest BCUT2D eigenvalue weighted by molar-refractivity contribution is 7.09. The van der Waals surface area contributed by atoms with Gasteiger partial charge in [-0.1, -0.05) is 19.9 Å². The van der Waals surface area contributed by atoms with Gasteiger partial charge in [0.2, 0.25) is 0 Å². The second-order valence-electron chi connectivity index (χ2n) is 5.20. The minimum Gasteiger partial charge on any atom is -0.308 e. The van der Waals surface area contributed by atoms with Crippen molar-refractivity contribution in [1.29, 1.82) is 0 Å². The molecule has 1 unspecified atom stereocenters. The van der Waals surface area contributed by atoms with E-state index < -0.39 is 0 Å². The van der Waals surface area contributed by atoms with Crippen LogP contribution in [-0.4, -0.2) is 29.6 Å². The van der Waals surface area contributed by atoms with Crippen molar-refractivity contribution in [3.8, 4) is 0 Å². The van der Waals surface area contributed by atoms with Crippen LogP contribution in [0.2, 0.25) is 0 Å². The lowest BCUT2D eigenvalue weighted by molar-refractivity contribution is 0.0754. The number of piperazine rings is 1. The lowest BCUT2D eigenvalue weighted by Gasteiger charge is -2.46. The maximum absolute atomic E-state index is 3.75. The summed E-state index contributed by atoms with van der Waals surface area (Å²) in [4.78, 5) is 4.12. The normalized spacial score (nSPS) is 25.0. The van der Waals surface area contributed by atoms with Crippen LogP contribution >= 0.6 is 11.3 Å². The van der Waals surface area contributed by atoms with Crippen LogP contribution in [0.4, 0.5) is 0 Å². The van der Waals surface area contributed by atoms with Crippen molar-refractivity contribution >= 4 is 11.3 Å². The van der Waals surface area contributed by atoms with Crippen molar-refractivity contribution in [3.05, 3.63) is 22.4 Å². The molecule has 1 saturated heterocycles. The number of hydrogen-bond donors (Lipinski definition) is 1. The average molecular weight is 252 g/mol. The highest BCUT2D eigenvalue weighted by Crippen LogP contribution is 2.24. The van der Waals surface area contributed by atoms with Gasteiger partial charge in [-0.3, -0.25) is 4.90 Å². The Morgan fingerprint density at radius 2 is 2.24 bits per heavy atom. The number of hydrogen-bond acceptors (Lipinski definition) is 3. The van der Waals surface area contributed by atoms with E-state index in [1.54, 1.807) is 0 Å². The van der Waals surface area contributed by atoms with Crippen molar-refractivity contribution < 1.29 is 0 Å². The first-order chi connectivity index (χ1) is 8.19. The van der Waals surface area contributed by atoms with Crippen molar-refractivity contribution in [2.45, 2.75) is 51.7 Å². The van der Waals surface area contributed by atoms with Gasteiger partial charge in [0.05, 0.1) is 0 Å². The third-order valence-corrected chi connectivity index (χ3v) is 5.06. The standard InChI is InChI=1S/C14H24N2S/c1-4-14(5-2)11-16(12(3)9-15-14)10-13-7-6-8-17-13/h6-8,12,15H,4-5,9-11H2,1-3H3. The van der Waals surface area contributed by atoms with Crippen molar-refractivity contribution in [2.24, 2.45) is 0 Å². The fraction of sp³-hybridized carbons (Fsp3) is 0.714. The van der Waals surface area contributed by atoms with Gasteiger partial charge in [-0.25, -0.2) is 0 Å². The Hall–Kier alpha value is -0.380. The Balaban J connectivity index is 2.04. The molecule has 17 heavy (non-hydrogen) atoms. The Bertz CT molecular complexity index is 330. The number of nitrogens with zero attached hydrogens (tertiary/aromatic N) is 1. The van der Waals surface area contributed by atoms with E-state index >= 15 is 0 Å². The van der Waals surface area contributed by atoms with Gasteiger partial charge in [0, 0.05) is 36.1 Å². The van der Waals surface area contributed by atoms with Gasteiger partial charge in [-0.2, -0.15) is 0 Å². The second kappa shape index (κ2) is 5.51. The lowest BCUT2D eigenvalue weighted by atomic mass is 9.89. The zero-order chi connectivity index (χ0) is 12.3. The summed E-state index contributed by atoms with van der Waals surface area (Å²) >= 11 is 1.87. The summed E-state index contributed by atoms with van der Waals surface area (Å²) in [6, 6.07) is 5.04. The first kappa shape index (κ1) is 13.1. The summed E-state index contributed by atoms with van der Waals surface area (Å²) in [6.07, 6.45) is 2.44. The van der Waals surface area contributed by atoms with Crippen molar-refractivity contribution in [3.63, 3.8) is 0 Å². The molecule has 1 aromatic heterocycles. The van der Waals surface area contributed by atoms with Gasteiger partial charge in [0.1, 0.15) is 0 Å². The molecule has 2 heterocycles. The SMILES string of the molecule is CCC1(CC)CN(Cc2cccs2)C(C)CN1. The second-order valence-corrected chi connectivity index (χ2v) is 6.23. The van der Waals surface area contributed by atoms with E-state index in [9.17, 15) is 0 Å². The molecule has 0 aliphatic carbocycles. The molecule has 0 aromatic carbocycles. The summed E-state index contributed by atoms with van der Waals surface area (Å²) in [5, 5.41) is 5.93. The molecule has 0 amide bonds. The Morgan fingerprint density at radius 1 is 1.47 bits per heavy atom. The van der Waals surface area contributed by atoms with Crippen LogP contribution in [0.5, 0.6) is 0 Å². The molecule has 1 N–H and O–H groups in total. The largest absolute Gasteiger partial charge is 0.308 e. The minimum atomic E-state index is 0.337. The third kappa shape index (κ3) is 2.90. The molecule has 0 saturated carbocycles. The Morgan fingerprint density at radius 3 is 2.82 bits per heavy atom. The zero-order valence-corrected chi connectivity index (χ0v) is 12.0. The predicted octanol–water partition coefficient (Wildman–Crippen LogP) is 3.10. The molecule has 1 atom stereocenters. The fourth-order valence-electron chi connectivity index (χ4n) is 2.63. The summed E-state index contributed by atoms with van der Waals surface area (Å²) in [5.41, 5.74) is 0.337. The lowest BCUT2D eigenvalue weighted by Crippen LogP contribution is -2.62. The fourth-order valence-corrected chi connectivity index (χ4v) is 3.36. The molecule has 1 aliphatic rings. The van der Waals surface area contributed by atoms with E-state index in [0.29, 0.717) is 11.6 Å².